The third kappa shape index (κ3) is 7.57. The maximum absolute atomic E-state index is 6.05. The number of rotatable bonds is 10. The van der Waals surface area contributed by atoms with Gasteiger partial charge in [-0.1, -0.05) is 30.4 Å². The molecule has 1 aliphatic rings. The second-order valence-corrected chi connectivity index (χ2v) is 17.7. The number of hydrogen-bond acceptors (Lipinski definition) is 3. The van der Waals surface area contributed by atoms with Crippen LogP contribution < -0.4 is 15.9 Å². The number of para-hydroxylation sites is 1. The van der Waals surface area contributed by atoms with E-state index < -0.39 is 7.26 Å². The molecule has 0 bridgehead atoms. The zero-order chi connectivity index (χ0) is 39.0. The van der Waals surface area contributed by atoms with Crippen molar-refractivity contribution in [1.29, 1.82) is 0 Å². The molecule has 0 radical (unpaired) electrons. The van der Waals surface area contributed by atoms with Gasteiger partial charge in [0.05, 0.1) is 0 Å². The van der Waals surface area contributed by atoms with Crippen LogP contribution in [0.3, 0.4) is 0 Å². The van der Waals surface area contributed by atoms with Crippen molar-refractivity contribution in [1.82, 2.24) is 14.8 Å². The van der Waals surface area contributed by atoms with E-state index in [-0.39, 0.29) is 0 Å². The molecule has 6 aromatic carbocycles. The van der Waals surface area contributed by atoms with Crippen molar-refractivity contribution in [3.63, 3.8) is 0 Å². The first-order valence-electron chi connectivity index (χ1n) is 19.1. The van der Waals surface area contributed by atoms with E-state index in [9.17, 15) is 0 Å². The van der Waals surface area contributed by atoms with E-state index in [1.54, 1.807) is 17.9 Å². The van der Waals surface area contributed by atoms with Gasteiger partial charge in [0, 0.05) is 0 Å². The standard InChI is InChI=1S/C51H42N3OP.Os/c1-4-18-39-27-29-42(30-28-39)50-52-53-51(54(50)45-19-10-6-11-20-45)43-33-31-41(32-34-43)49(35-44-37-55-36-40(44)5-2)38(3)56(46-21-12-7-13-22-46,47-23-14-8-15-24-47)48-25-16-9-17-26-48;/h4-35H,36-37H2,1-2H3;/q+1;/b18-4+,40-5?,44-35?,49-38?;. The summed E-state index contributed by atoms with van der Waals surface area (Å²) in [7, 11) is -2.49. The Morgan fingerprint density at radius 3 is 1.56 bits per heavy atom. The molecule has 0 aliphatic carbocycles. The quantitative estimate of drug-likeness (QED) is 0.128. The normalized spacial score (nSPS) is 14.9. The third-order valence-electron chi connectivity index (χ3n) is 10.4. The van der Waals surface area contributed by atoms with Crippen LogP contribution >= 0.6 is 7.26 Å². The first kappa shape index (κ1) is 38.1. The van der Waals surface area contributed by atoms with Crippen molar-refractivity contribution in [2.45, 2.75) is 13.8 Å². The molecule has 0 saturated carbocycles. The minimum absolute atomic E-state index is 0.562. The van der Waals surface area contributed by atoms with E-state index in [2.05, 4.69) is 198 Å². The first-order valence-corrected chi connectivity index (χ1v) is 22.2. The Bertz CT molecular complexity index is 2540. The van der Waals surface area contributed by atoms with E-state index in [0.29, 0.717) is 13.2 Å². The molecule has 1 fully saturated rings. The average Bonchev–Trinajstić information content (AvgIpc) is 3.94. The van der Waals surface area contributed by atoms with Crippen LogP contribution in [0, 0.1) is 4.37 Å². The van der Waals surface area contributed by atoms with E-state index in [4.69, 9.17) is 14.9 Å². The van der Waals surface area contributed by atoms with Gasteiger partial charge in [-0.05, 0) is 12.5 Å². The number of hydrogen-bond donors (Lipinski definition) is 0. The van der Waals surface area contributed by atoms with Crippen molar-refractivity contribution >= 4 is 34.8 Å². The van der Waals surface area contributed by atoms with Gasteiger partial charge in [0.2, 0.25) is 0 Å². The summed E-state index contributed by atoms with van der Waals surface area (Å²) in [6.07, 6.45) is 8.69. The number of ether oxygens (including phenoxy) is 1. The summed E-state index contributed by atoms with van der Waals surface area (Å²) in [5.74, 6) is 1.57. The van der Waals surface area contributed by atoms with Crippen LogP contribution in [0.5, 0.6) is 0 Å². The molecule has 8 rings (SSSR count). The summed E-state index contributed by atoms with van der Waals surface area (Å²) in [4.78, 5) is 0. The number of aromatic nitrogens is 3. The van der Waals surface area contributed by atoms with Crippen LogP contribution in [-0.4, -0.2) is 28.0 Å². The summed E-state index contributed by atoms with van der Waals surface area (Å²) < 4.78 is 12.1. The third-order valence-corrected chi connectivity index (χ3v) is 15.7. The van der Waals surface area contributed by atoms with Crippen LogP contribution in [0.15, 0.2) is 205 Å². The number of nitrogens with zero attached hydrogens (tertiary/aromatic N) is 3. The molecule has 279 valence electrons. The van der Waals surface area contributed by atoms with Gasteiger partial charge in [0.15, 0.2) is 0 Å². The molecular formula is C51H42N3OOsP+. The molecule has 0 spiro atoms. The van der Waals surface area contributed by atoms with Crippen LogP contribution in [0.25, 0.3) is 40.1 Å². The molecule has 0 unspecified atom stereocenters. The predicted molar refractivity (Wildman–Crippen MR) is 236 cm³/mol. The van der Waals surface area contributed by atoms with Crippen LogP contribution in [0.1, 0.15) is 25.0 Å². The maximum atomic E-state index is 6.05. The molecule has 0 amide bonds. The van der Waals surface area contributed by atoms with Crippen LogP contribution in [-0.2, 0) is 22.7 Å². The molecule has 4 nitrogen and oxygen atoms in total. The first-order chi connectivity index (χ1) is 28.1. The molecule has 0 N–H and O–H groups in total. The monoisotopic (exact) mass is 935 g/mol. The minimum atomic E-state index is -2.49. The van der Waals surface area contributed by atoms with Crippen LogP contribution in [0.4, 0.5) is 0 Å². The van der Waals surface area contributed by atoms with Gasteiger partial charge in [-0.3, -0.25) is 0 Å². The van der Waals surface area contributed by atoms with E-state index in [1.165, 1.54) is 32.4 Å². The van der Waals surface area contributed by atoms with E-state index in [0.717, 1.165) is 45.2 Å². The Morgan fingerprint density at radius 1 is 0.614 bits per heavy atom. The average molecular weight is 934 g/mol. The zero-order valence-corrected chi connectivity index (χ0v) is 35.4. The molecule has 57 heavy (non-hydrogen) atoms. The molecule has 0 atom stereocenters. The van der Waals surface area contributed by atoms with Crippen molar-refractivity contribution in [3.05, 3.63) is 216 Å². The Morgan fingerprint density at radius 2 is 1.09 bits per heavy atom. The molecule has 2 heterocycles. The van der Waals surface area contributed by atoms with Gasteiger partial charge in [0.25, 0.3) is 0 Å². The second-order valence-electron chi connectivity index (χ2n) is 13.7. The molecular weight excluding hydrogens is 892 g/mol. The molecule has 1 aliphatic heterocycles. The Balaban J connectivity index is 1.36. The number of allylic oxidation sites excluding steroid dienone is 5. The zero-order valence-electron chi connectivity index (χ0n) is 31.9. The van der Waals surface area contributed by atoms with Gasteiger partial charge in [-0.2, -0.15) is 0 Å². The van der Waals surface area contributed by atoms with Crippen molar-refractivity contribution in [2.75, 3.05) is 13.2 Å². The Kier molecular flexibility index (Phi) is 11.8. The molecule has 1 aromatic heterocycles. The Hall–Kier alpha value is -5.77. The molecule has 6 heteroatoms. The van der Waals surface area contributed by atoms with Crippen LogP contribution in [0.2, 0.25) is 0 Å². The molecule has 1 saturated heterocycles. The topological polar surface area (TPSA) is 39.9 Å². The second kappa shape index (κ2) is 17.6. The van der Waals surface area contributed by atoms with E-state index >= 15 is 0 Å². The van der Waals surface area contributed by atoms with E-state index in [1.807, 2.05) is 19.1 Å². The van der Waals surface area contributed by atoms with Gasteiger partial charge in [0.1, 0.15) is 0 Å². The fraction of sp³-hybridized carbons (Fsp3) is 0.0784. The van der Waals surface area contributed by atoms with Crippen molar-refractivity contribution < 1.29 is 22.7 Å². The van der Waals surface area contributed by atoms with Crippen molar-refractivity contribution in [3.8, 4) is 32.8 Å². The Labute approximate surface area is 346 Å². The van der Waals surface area contributed by atoms with Gasteiger partial charge >= 0.3 is 305 Å². The van der Waals surface area contributed by atoms with Gasteiger partial charge in [-0.15, -0.1) is 0 Å². The molecule has 7 aromatic rings. The predicted octanol–water partition coefficient (Wildman–Crippen LogP) is 10.7. The van der Waals surface area contributed by atoms with Gasteiger partial charge in [-0.25, -0.2) is 0 Å². The summed E-state index contributed by atoms with van der Waals surface area (Å²) in [5, 5.41) is 14.6. The fourth-order valence-corrected chi connectivity index (χ4v) is 13.4. The summed E-state index contributed by atoms with van der Waals surface area (Å²) >= 11 is 1.81. The summed E-state index contributed by atoms with van der Waals surface area (Å²) in [5.41, 5.74) is 8.75. The summed E-state index contributed by atoms with van der Waals surface area (Å²) in [6, 6.07) is 60.7. The van der Waals surface area contributed by atoms with Gasteiger partial charge < -0.3 is 0 Å². The van der Waals surface area contributed by atoms with Crippen molar-refractivity contribution in [2.24, 2.45) is 0 Å². The SMILES string of the molecule is CC=C1COCC1=CC(=C([C]#[Os])[P+](c1ccccc1)(c1ccccc1)c1ccccc1)c1ccc(-c2nnc(-c3ccc(/C=C/C)cc3)n2-c2ccccc2)cc1. The number of benzene rings is 6. The fourth-order valence-electron chi connectivity index (χ4n) is 7.61. The summed E-state index contributed by atoms with van der Waals surface area (Å²) in [6.45, 7) is 5.30.